The Morgan fingerprint density at radius 1 is 1.33 bits per heavy atom. The first-order valence-corrected chi connectivity index (χ1v) is 7.66. The van der Waals surface area contributed by atoms with Crippen molar-refractivity contribution < 1.29 is 18.0 Å². The van der Waals surface area contributed by atoms with Gasteiger partial charge in [-0.05, 0) is 17.9 Å². The third-order valence-corrected chi connectivity index (χ3v) is 4.16. The van der Waals surface area contributed by atoms with Crippen LogP contribution in [0, 0.1) is 0 Å². The van der Waals surface area contributed by atoms with Gasteiger partial charge in [0.2, 0.25) is 10.1 Å². The Morgan fingerprint density at radius 2 is 2.05 bits per heavy atom. The van der Waals surface area contributed by atoms with Gasteiger partial charge in [-0.1, -0.05) is 30.4 Å². The summed E-state index contributed by atoms with van der Waals surface area (Å²) in [6.07, 6.45) is -4.56. The van der Waals surface area contributed by atoms with Crippen molar-refractivity contribution >= 4 is 34.1 Å². The molecule has 1 aromatic heterocycles. The van der Waals surface area contributed by atoms with E-state index in [1.807, 2.05) is 6.92 Å². The predicted octanol–water partition coefficient (Wildman–Crippen LogP) is 3.92. The SMILES string of the molecule is CCSc1ccccc1C(=O)Nc1nnc(C(F)(F)F)s1. The van der Waals surface area contributed by atoms with Gasteiger partial charge in [0.1, 0.15) is 0 Å². The smallest absolute Gasteiger partial charge is 0.296 e. The van der Waals surface area contributed by atoms with Crippen LogP contribution in [-0.4, -0.2) is 21.9 Å². The van der Waals surface area contributed by atoms with Crippen LogP contribution in [0.4, 0.5) is 18.3 Å². The van der Waals surface area contributed by atoms with E-state index in [9.17, 15) is 18.0 Å². The molecule has 4 nitrogen and oxygen atoms in total. The molecule has 21 heavy (non-hydrogen) atoms. The van der Waals surface area contributed by atoms with Crippen LogP contribution in [0.5, 0.6) is 0 Å². The summed E-state index contributed by atoms with van der Waals surface area (Å²) in [6.45, 7) is 1.94. The molecule has 0 radical (unpaired) electrons. The Kier molecular flexibility index (Phi) is 4.84. The van der Waals surface area contributed by atoms with Gasteiger partial charge in [0.15, 0.2) is 0 Å². The second-order valence-corrected chi connectivity index (χ2v) is 6.08. The Hall–Kier alpha value is -1.61. The molecule has 0 saturated heterocycles. The monoisotopic (exact) mass is 333 g/mol. The molecule has 2 aromatic rings. The Balaban J connectivity index is 2.17. The van der Waals surface area contributed by atoms with Crippen LogP contribution in [0.3, 0.4) is 0 Å². The molecule has 9 heteroatoms. The second-order valence-electron chi connectivity index (χ2n) is 3.79. The van der Waals surface area contributed by atoms with E-state index in [4.69, 9.17) is 0 Å². The molecule has 0 atom stereocenters. The molecule has 1 amide bonds. The lowest BCUT2D eigenvalue weighted by Gasteiger charge is -2.06. The second kappa shape index (κ2) is 6.44. The van der Waals surface area contributed by atoms with Crippen LogP contribution in [-0.2, 0) is 6.18 Å². The number of anilines is 1. The van der Waals surface area contributed by atoms with Crippen LogP contribution < -0.4 is 5.32 Å². The molecule has 0 aliphatic heterocycles. The van der Waals surface area contributed by atoms with Gasteiger partial charge in [-0.15, -0.1) is 22.0 Å². The van der Waals surface area contributed by atoms with Crippen molar-refractivity contribution in [1.82, 2.24) is 10.2 Å². The molecule has 2 rings (SSSR count). The Bertz CT molecular complexity index is 643. The Labute approximate surface area is 126 Å². The van der Waals surface area contributed by atoms with Crippen molar-refractivity contribution in [2.75, 3.05) is 11.1 Å². The molecule has 1 heterocycles. The molecule has 0 bridgehead atoms. The van der Waals surface area contributed by atoms with Gasteiger partial charge in [0.05, 0.1) is 5.56 Å². The van der Waals surface area contributed by atoms with E-state index < -0.39 is 17.1 Å². The zero-order chi connectivity index (χ0) is 15.5. The van der Waals surface area contributed by atoms with E-state index in [1.165, 1.54) is 11.8 Å². The predicted molar refractivity (Wildman–Crippen MR) is 75.7 cm³/mol. The van der Waals surface area contributed by atoms with Gasteiger partial charge in [0, 0.05) is 4.90 Å². The van der Waals surface area contributed by atoms with E-state index in [0.717, 1.165) is 10.6 Å². The number of benzene rings is 1. The number of aromatic nitrogens is 2. The van der Waals surface area contributed by atoms with Gasteiger partial charge in [0.25, 0.3) is 5.91 Å². The number of nitrogens with one attached hydrogen (secondary N) is 1. The largest absolute Gasteiger partial charge is 0.445 e. The number of carbonyl (C=O) groups is 1. The molecule has 1 aromatic carbocycles. The third-order valence-electron chi connectivity index (χ3n) is 2.32. The summed E-state index contributed by atoms with van der Waals surface area (Å²) >= 11 is 1.77. The number of carbonyl (C=O) groups excluding carboxylic acids is 1. The number of halogens is 3. The zero-order valence-corrected chi connectivity index (χ0v) is 12.4. The highest BCUT2D eigenvalue weighted by atomic mass is 32.2. The molecular formula is C12H10F3N3OS2. The number of nitrogens with zero attached hydrogens (tertiary/aromatic N) is 2. The van der Waals surface area contributed by atoms with E-state index >= 15 is 0 Å². The van der Waals surface area contributed by atoms with Crippen molar-refractivity contribution in [2.24, 2.45) is 0 Å². The van der Waals surface area contributed by atoms with Gasteiger partial charge in [-0.2, -0.15) is 13.2 Å². The highest BCUT2D eigenvalue weighted by Gasteiger charge is 2.35. The lowest BCUT2D eigenvalue weighted by Crippen LogP contribution is -2.12. The summed E-state index contributed by atoms with van der Waals surface area (Å²) in [6, 6.07) is 6.88. The third kappa shape index (κ3) is 3.94. The molecule has 0 saturated carbocycles. The van der Waals surface area contributed by atoms with Crippen molar-refractivity contribution in [1.29, 1.82) is 0 Å². The van der Waals surface area contributed by atoms with Gasteiger partial charge in [-0.25, -0.2) is 0 Å². The summed E-state index contributed by atoms with van der Waals surface area (Å²) in [7, 11) is 0. The molecule has 1 N–H and O–H groups in total. The maximum Gasteiger partial charge on any atom is 0.445 e. The lowest BCUT2D eigenvalue weighted by molar-refractivity contribution is -0.138. The fraction of sp³-hybridized carbons (Fsp3) is 0.250. The lowest BCUT2D eigenvalue weighted by atomic mass is 10.2. The highest BCUT2D eigenvalue weighted by molar-refractivity contribution is 7.99. The van der Waals surface area contributed by atoms with E-state index in [1.54, 1.807) is 24.3 Å². The van der Waals surface area contributed by atoms with Crippen LogP contribution in [0.25, 0.3) is 0 Å². The van der Waals surface area contributed by atoms with Crippen molar-refractivity contribution in [2.45, 2.75) is 18.0 Å². The molecule has 0 aliphatic rings. The first-order valence-electron chi connectivity index (χ1n) is 5.85. The normalized spacial score (nSPS) is 11.4. The molecule has 0 spiro atoms. The summed E-state index contributed by atoms with van der Waals surface area (Å²) in [5, 5.41) is 7.43. The summed E-state index contributed by atoms with van der Waals surface area (Å²) < 4.78 is 37.3. The maximum atomic E-state index is 12.4. The number of rotatable bonds is 4. The fourth-order valence-electron chi connectivity index (χ4n) is 1.49. The molecule has 0 unspecified atom stereocenters. The minimum atomic E-state index is -4.56. The number of alkyl halides is 3. The van der Waals surface area contributed by atoms with E-state index in [-0.39, 0.29) is 5.13 Å². The summed E-state index contributed by atoms with van der Waals surface area (Å²) in [4.78, 5) is 12.9. The Morgan fingerprint density at radius 3 is 2.67 bits per heavy atom. The minimum Gasteiger partial charge on any atom is -0.296 e. The standard InChI is InChI=1S/C12H10F3N3OS2/c1-2-20-8-6-4-3-5-7(8)9(19)16-11-18-17-10(21-11)12(13,14)15/h3-6H,2H2,1H3,(H,16,18,19). The summed E-state index contributed by atoms with van der Waals surface area (Å²) in [5.74, 6) is 0.276. The average Bonchev–Trinajstić information content (AvgIpc) is 2.88. The van der Waals surface area contributed by atoms with Gasteiger partial charge >= 0.3 is 6.18 Å². The van der Waals surface area contributed by atoms with Crippen molar-refractivity contribution in [3.8, 4) is 0 Å². The van der Waals surface area contributed by atoms with Gasteiger partial charge < -0.3 is 0 Å². The average molecular weight is 333 g/mol. The van der Waals surface area contributed by atoms with Crippen LogP contribution in [0.1, 0.15) is 22.3 Å². The quantitative estimate of drug-likeness (QED) is 0.862. The van der Waals surface area contributed by atoms with Gasteiger partial charge in [-0.3, -0.25) is 10.1 Å². The molecule has 0 fully saturated rings. The zero-order valence-electron chi connectivity index (χ0n) is 10.8. The van der Waals surface area contributed by atoms with Crippen LogP contribution >= 0.6 is 23.1 Å². The number of hydrogen-bond acceptors (Lipinski definition) is 5. The summed E-state index contributed by atoms with van der Waals surface area (Å²) in [5.41, 5.74) is 0.396. The van der Waals surface area contributed by atoms with Crippen LogP contribution in [0.2, 0.25) is 0 Å². The van der Waals surface area contributed by atoms with E-state index in [2.05, 4.69) is 15.5 Å². The molecular weight excluding hydrogens is 323 g/mol. The number of hydrogen-bond donors (Lipinski definition) is 1. The topological polar surface area (TPSA) is 54.9 Å². The molecule has 0 aliphatic carbocycles. The minimum absolute atomic E-state index is 0.177. The number of amides is 1. The maximum absolute atomic E-state index is 12.4. The molecule has 112 valence electrons. The van der Waals surface area contributed by atoms with Crippen LogP contribution in [0.15, 0.2) is 29.2 Å². The van der Waals surface area contributed by atoms with E-state index in [0.29, 0.717) is 16.9 Å². The van der Waals surface area contributed by atoms with Crippen molar-refractivity contribution in [3.05, 3.63) is 34.8 Å². The van der Waals surface area contributed by atoms with Crippen molar-refractivity contribution in [3.63, 3.8) is 0 Å². The first kappa shape index (κ1) is 15.8. The highest BCUT2D eigenvalue weighted by Crippen LogP contribution is 2.33. The first-order chi connectivity index (χ1) is 9.91. The fourth-order valence-corrected chi connectivity index (χ4v) is 2.90. The number of thioether (sulfide) groups is 1.